The predicted octanol–water partition coefficient (Wildman–Crippen LogP) is 1.21. The van der Waals surface area contributed by atoms with Crippen LogP contribution in [0.3, 0.4) is 0 Å². The average Bonchev–Trinajstić information content (AvgIpc) is 3.09. The van der Waals surface area contributed by atoms with E-state index in [1.165, 1.54) is 0 Å². The molecule has 2 unspecified atom stereocenters. The zero-order valence-corrected chi connectivity index (χ0v) is 14.3. The summed E-state index contributed by atoms with van der Waals surface area (Å²) in [6, 6.07) is 0.465. The quantitative estimate of drug-likeness (QED) is 0.133. The Balaban J connectivity index is 0.000000399. The highest BCUT2D eigenvalue weighted by atomic mass is 19.5. The summed E-state index contributed by atoms with van der Waals surface area (Å²) in [6.45, 7) is 0. The number of hydroxylamine groups is 2. The lowest BCUT2D eigenvalue weighted by atomic mass is 9.85. The summed E-state index contributed by atoms with van der Waals surface area (Å²) >= 11 is 0. The highest BCUT2D eigenvalue weighted by Gasteiger charge is 2.61. The molecule has 1 saturated heterocycles. The molecule has 1 aliphatic heterocycles. The monoisotopic (exact) mass is 365 g/mol. The van der Waals surface area contributed by atoms with Crippen molar-refractivity contribution in [2.45, 2.75) is 6.42 Å². The topological polar surface area (TPSA) is 52.9 Å². The fourth-order valence-electron chi connectivity index (χ4n) is 3.61. The van der Waals surface area contributed by atoms with Gasteiger partial charge >= 0.3 is 13.3 Å². The first-order valence-corrected chi connectivity index (χ1v) is 7.74. The lowest BCUT2D eigenvalue weighted by Crippen LogP contribution is -2.42. The van der Waals surface area contributed by atoms with E-state index in [9.17, 15) is 26.9 Å². The number of carbonyl (C=O) groups excluding carboxylic acids is 2. The molecule has 0 aromatic heterocycles. The standard InChI is InChI=1S/C14H20N3O3.BF4/c1-15(2)14(16(3)4)20-17-12(18)10-8-5-6-9(7-8)11(10)13(17)19;2-1(3,4)5/h5-6,8-11H,7H2,1-4H3;/q+1;-1/t8?,9?,10-,11+;. The molecule has 2 bridgehead atoms. The van der Waals surface area contributed by atoms with Gasteiger partial charge in [0.25, 0.3) is 11.8 Å². The maximum atomic E-state index is 12.5. The first-order chi connectivity index (χ1) is 11.4. The van der Waals surface area contributed by atoms with E-state index < -0.39 is 7.25 Å². The van der Waals surface area contributed by atoms with Crippen molar-refractivity contribution in [3.05, 3.63) is 12.2 Å². The minimum Gasteiger partial charge on any atom is -0.418 e. The maximum Gasteiger partial charge on any atom is 0.673 e. The fraction of sp³-hybridized carbons (Fsp3) is 0.643. The Hall–Kier alpha value is -2.07. The van der Waals surface area contributed by atoms with E-state index in [1.807, 2.05) is 28.2 Å². The number of amidine groups is 1. The van der Waals surface area contributed by atoms with Crippen LogP contribution in [0.4, 0.5) is 17.3 Å². The summed E-state index contributed by atoms with van der Waals surface area (Å²) < 4.78 is 40.7. The van der Waals surface area contributed by atoms with E-state index in [0.29, 0.717) is 6.02 Å². The molecule has 4 atom stereocenters. The minimum atomic E-state index is -6.00. The molecule has 0 aromatic rings. The Bertz CT molecular complexity index is 595. The van der Waals surface area contributed by atoms with Gasteiger partial charge in [-0.15, -0.1) is 0 Å². The molecule has 0 spiro atoms. The number of nitrogens with zero attached hydrogens (tertiary/aromatic N) is 3. The SMILES string of the molecule is CN(C)C(ON1C(=O)[C@@H]2C3C=CC(C3)[C@@H]2C1=O)=[N+](C)C.F[B-](F)(F)F. The summed E-state index contributed by atoms with van der Waals surface area (Å²) in [5.41, 5.74) is 0. The molecule has 2 aliphatic carbocycles. The highest BCUT2D eigenvalue weighted by molar-refractivity contribution is 6.50. The van der Waals surface area contributed by atoms with Gasteiger partial charge in [0.1, 0.15) is 0 Å². The van der Waals surface area contributed by atoms with Crippen LogP contribution in [0.25, 0.3) is 0 Å². The third kappa shape index (κ3) is 3.96. The van der Waals surface area contributed by atoms with Crippen molar-refractivity contribution in [2.24, 2.45) is 23.7 Å². The number of rotatable bonds is 1. The molecule has 3 rings (SSSR count). The molecule has 140 valence electrons. The smallest absolute Gasteiger partial charge is 0.418 e. The third-order valence-electron chi connectivity index (χ3n) is 4.37. The van der Waals surface area contributed by atoms with Gasteiger partial charge < -0.3 is 17.3 Å². The van der Waals surface area contributed by atoms with E-state index in [2.05, 4.69) is 12.2 Å². The Labute approximate surface area is 142 Å². The predicted molar refractivity (Wildman–Crippen MR) is 81.6 cm³/mol. The van der Waals surface area contributed by atoms with Crippen LogP contribution in [-0.4, -0.2) is 67.8 Å². The molecule has 6 nitrogen and oxygen atoms in total. The maximum absolute atomic E-state index is 12.5. The second-order valence-corrected chi connectivity index (χ2v) is 6.63. The molecule has 0 aromatic carbocycles. The lowest BCUT2D eigenvalue weighted by molar-refractivity contribution is -0.484. The summed E-state index contributed by atoms with van der Waals surface area (Å²) in [6.07, 6.45) is 5.07. The number of hydrogen-bond acceptors (Lipinski definition) is 3. The molecule has 2 fully saturated rings. The highest BCUT2D eigenvalue weighted by Crippen LogP contribution is 2.52. The number of allylic oxidation sites excluding steroid dienone is 2. The van der Waals surface area contributed by atoms with Crippen molar-refractivity contribution in [1.29, 1.82) is 0 Å². The van der Waals surface area contributed by atoms with Gasteiger partial charge in [-0.25, -0.2) is 9.48 Å². The van der Waals surface area contributed by atoms with Gasteiger partial charge in [0.15, 0.2) is 0 Å². The van der Waals surface area contributed by atoms with E-state index in [0.717, 1.165) is 11.5 Å². The molecular formula is C14H20BF4N3O3. The molecule has 1 saturated carbocycles. The largest absolute Gasteiger partial charge is 0.673 e. The Morgan fingerprint density at radius 3 is 1.84 bits per heavy atom. The van der Waals surface area contributed by atoms with Crippen molar-refractivity contribution in [1.82, 2.24) is 9.96 Å². The Morgan fingerprint density at radius 2 is 1.52 bits per heavy atom. The van der Waals surface area contributed by atoms with Gasteiger partial charge in [0.2, 0.25) is 0 Å². The summed E-state index contributed by atoms with van der Waals surface area (Å²) in [4.78, 5) is 32.3. The number of amides is 2. The first-order valence-electron chi connectivity index (χ1n) is 7.74. The van der Waals surface area contributed by atoms with Gasteiger partial charge in [-0.05, 0) is 18.3 Å². The van der Waals surface area contributed by atoms with Crippen molar-refractivity contribution in [2.75, 3.05) is 28.2 Å². The van der Waals surface area contributed by atoms with Crippen LogP contribution in [0.1, 0.15) is 6.42 Å². The van der Waals surface area contributed by atoms with Gasteiger partial charge in [-0.1, -0.05) is 17.2 Å². The van der Waals surface area contributed by atoms with Gasteiger partial charge in [-0.3, -0.25) is 14.4 Å². The molecule has 3 aliphatic rings. The van der Waals surface area contributed by atoms with Crippen LogP contribution in [0.15, 0.2) is 12.2 Å². The molecule has 25 heavy (non-hydrogen) atoms. The zero-order chi connectivity index (χ0) is 19.1. The summed E-state index contributed by atoms with van der Waals surface area (Å²) in [5, 5.41) is 0.969. The summed E-state index contributed by atoms with van der Waals surface area (Å²) in [7, 11) is 1.25. The number of fused-ring (bicyclic) bond motifs is 5. The average molecular weight is 365 g/mol. The van der Waals surface area contributed by atoms with Gasteiger partial charge in [0.05, 0.1) is 40.0 Å². The van der Waals surface area contributed by atoms with E-state index in [1.54, 1.807) is 9.48 Å². The Kier molecular flexibility index (Phi) is 5.15. The second-order valence-electron chi connectivity index (χ2n) is 6.63. The summed E-state index contributed by atoms with van der Waals surface area (Å²) in [5.74, 6) is -0.420. The number of halogens is 4. The number of hydrogen-bond donors (Lipinski definition) is 0. The normalized spacial score (nSPS) is 29.4. The van der Waals surface area contributed by atoms with E-state index in [-0.39, 0.29) is 35.5 Å². The van der Waals surface area contributed by atoms with Crippen LogP contribution >= 0.6 is 0 Å². The van der Waals surface area contributed by atoms with Crippen molar-refractivity contribution < 1.29 is 36.3 Å². The second kappa shape index (κ2) is 6.68. The molecule has 1 heterocycles. The molecule has 2 amide bonds. The third-order valence-corrected chi connectivity index (χ3v) is 4.37. The number of imide groups is 1. The molecule has 0 radical (unpaired) electrons. The Morgan fingerprint density at radius 1 is 1.12 bits per heavy atom. The van der Waals surface area contributed by atoms with Crippen molar-refractivity contribution in [3.8, 4) is 0 Å². The first kappa shape index (κ1) is 19.3. The van der Waals surface area contributed by atoms with Crippen molar-refractivity contribution in [3.63, 3.8) is 0 Å². The minimum absolute atomic E-state index is 0.196. The molecular weight excluding hydrogens is 345 g/mol. The number of carbonyl (C=O) groups is 2. The van der Waals surface area contributed by atoms with Crippen LogP contribution in [0, 0.1) is 23.7 Å². The van der Waals surface area contributed by atoms with Crippen LogP contribution in [-0.2, 0) is 14.4 Å². The zero-order valence-electron chi connectivity index (χ0n) is 14.3. The van der Waals surface area contributed by atoms with Gasteiger partial charge in [0, 0.05) is 0 Å². The van der Waals surface area contributed by atoms with Crippen molar-refractivity contribution >= 4 is 25.1 Å². The van der Waals surface area contributed by atoms with E-state index in [4.69, 9.17) is 4.84 Å². The van der Waals surface area contributed by atoms with Crippen LogP contribution in [0.2, 0.25) is 0 Å². The lowest BCUT2D eigenvalue weighted by Gasteiger charge is -2.18. The fourth-order valence-corrected chi connectivity index (χ4v) is 3.61. The van der Waals surface area contributed by atoms with Crippen LogP contribution in [0.5, 0.6) is 0 Å². The van der Waals surface area contributed by atoms with Gasteiger partial charge in [-0.2, -0.15) is 0 Å². The molecule has 0 N–H and O–H groups in total. The van der Waals surface area contributed by atoms with Crippen LogP contribution < -0.4 is 0 Å². The van der Waals surface area contributed by atoms with E-state index >= 15 is 0 Å². The molecule has 11 heteroatoms.